The van der Waals surface area contributed by atoms with Gasteiger partial charge < -0.3 is 4.74 Å². The average Bonchev–Trinajstić information content (AvgIpc) is 2.74. The van der Waals surface area contributed by atoms with Crippen LogP contribution in [0.25, 0.3) is 10.9 Å². The fraction of sp³-hybridized carbons (Fsp3) is 0.467. The van der Waals surface area contributed by atoms with Gasteiger partial charge in [-0.15, -0.1) is 0 Å². The Bertz CT molecular complexity index is 707. The minimum atomic E-state index is -2.67. The molecule has 120 valence electrons. The summed E-state index contributed by atoms with van der Waals surface area (Å²) in [5.74, 6) is -0.472. The molecule has 7 heteroatoms. The molecule has 0 radical (unpaired) electrons. The van der Waals surface area contributed by atoms with Gasteiger partial charge in [0, 0.05) is 18.0 Å². The van der Waals surface area contributed by atoms with Gasteiger partial charge in [0.15, 0.2) is 0 Å². The number of carbonyl (C=O) groups excluding carboxylic acids is 1. The highest BCUT2D eigenvalue weighted by atomic mass is 79.9. The molecule has 0 aliphatic rings. The maximum absolute atomic E-state index is 13.0. The van der Waals surface area contributed by atoms with Crippen molar-refractivity contribution in [2.75, 3.05) is 0 Å². The third-order valence-corrected chi connectivity index (χ3v) is 3.89. The summed E-state index contributed by atoms with van der Waals surface area (Å²) in [5, 5.41) is 4.20. The second-order valence-electron chi connectivity index (χ2n) is 5.95. The molecule has 0 saturated carbocycles. The van der Waals surface area contributed by atoms with Crippen molar-refractivity contribution in [2.45, 2.75) is 37.6 Å². The Kier molecular flexibility index (Phi) is 4.56. The van der Waals surface area contributed by atoms with Gasteiger partial charge in [0.1, 0.15) is 16.1 Å². The number of alkyl halides is 3. The van der Waals surface area contributed by atoms with Crippen molar-refractivity contribution in [3.05, 3.63) is 29.5 Å². The van der Waals surface area contributed by atoms with Gasteiger partial charge in [0.05, 0.1) is 5.52 Å². The number of para-hydroxylation sites is 1. The van der Waals surface area contributed by atoms with Gasteiger partial charge in [-0.1, -0.05) is 34.1 Å². The van der Waals surface area contributed by atoms with Crippen molar-refractivity contribution in [3.8, 4) is 0 Å². The van der Waals surface area contributed by atoms with Crippen molar-refractivity contribution < 1.29 is 18.3 Å². The summed E-state index contributed by atoms with van der Waals surface area (Å²) in [6, 6.07) is 4.90. The number of aryl methyl sites for hydroxylation is 1. The van der Waals surface area contributed by atoms with E-state index in [2.05, 4.69) is 21.0 Å². The molecule has 0 saturated heterocycles. The molecule has 0 spiro atoms. The van der Waals surface area contributed by atoms with Crippen LogP contribution in [0.5, 0.6) is 0 Å². The van der Waals surface area contributed by atoms with Crippen LogP contribution in [0.4, 0.5) is 8.78 Å². The number of esters is 1. The molecule has 0 fully saturated rings. The lowest BCUT2D eigenvalue weighted by atomic mass is 10.1. The molecule has 1 unspecified atom stereocenters. The fourth-order valence-corrected chi connectivity index (χ4v) is 2.70. The van der Waals surface area contributed by atoms with Gasteiger partial charge in [-0.3, -0.25) is 9.48 Å². The first-order valence-corrected chi connectivity index (χ1v) is 7.64. The zero-order valence-electron chi connectivity index (χ0n) is 12.7. The molecule has 1 atom stereocenters. The maximum atomic E-state index is 13.0. The molecule has 1 aromatic carbocycles. The molecule has 1 heterocycles. The predicted octanol–water partition coefficient (Wildman–Crippen LogP) is 4.29. The van der Waals surface area contributed by atoms with Crippen LogP contribution in [-0.2, 0) is 16.6 Å². The Morgan fingerprint density at radius 2 is 2.00 bits per heavy atom. The lowest BCUT2D eigenvalue weighted by Gasteiger charge is -2.22. The van der Waals surface area contributed by atoms with Crippen molar-refractivity contribution in [1.29, 1.82) is 0 Å². The van der Waals surface area contributed by atoms with Crippen molar-refractivity contribution in [3.63, 3.8) is 0 Å². The SMILES string of the molecule is Cn1nc(C(F)F)c2cccc(C(Br)C(=O)OC(C)(C)C)c21. The van der Waals surface area contributed by atoms with E-state index in [0.29, 0.717) is 16.5 Å². The van der Waals surface area contributed by atoms with E-state index in [-0.39, 0.29) is 5.69 Å². The van der Waals surface area contributed by atoms with E-state index in [1.807, 2.05) is 0 Å². The first-order valence-electron chi connectivity index (χ1n) is 6.72. The Labute approximate surface area is 135 Å². The van der Waals surface area contributed by atoms with Crippen LogP contribution in [-0.4, -0.2) is 21.4 Å². The van der Waals surface area contributed by atoms with Crippen molar-refractivity contribution in [2.24, 2.45) is 7.05 Å². The Morgan fingerprint density at radius 3 is 2.55 bits per heavy atom. The predicted molar refractivity (Wildman–Crippen MR) is 83.2 cm³/mol. The quantitative estimate of drug-likeness (QED) is 0.594. The third-order valence-electron chi connectivity index (χ3n) is 3.02. The van der Waals surface area contributed by atoms with Crippen LogP contribution in [0.1, 0.15) is 43.3 Å². The van der Waals surface area contributed by atoms with Gasteiger partial charge in [-0.25, -0.2) is 8.78 Å². The minimum absolute atomic E-state index is 0.289. The summed E-state index contributed by atoms with van der Waals surface area (Å²) in [6.07, 6.45) is -2.67. The molecule has 0 N–H and O–H groups in total. The number of hydrogen-bond donors (Lipinski definition) is 0. The van der Waals surface area contributed by atoms with Crippen molar-refractivity contribution in [1.82, 2.24) is 9.78 Å². The zero-order valence-corrected chi connectivity index (χ0v) is 14.3. The fourth-order valence-electron chi connectivity index (χ4n) is 2.24. The standard InChI is InChI=1S/C15H17BrF2N2O2/c1-15(2,3)22-14(21)10(16)8-6-5-7-9-11(13(17)18)19-20(4)12(8)9/h5-7,10,13H,1-4H3. The molecule has 2 aromatic rings. The summed E-state index contributed by atoms with van der Waals surface area (Å²) >= 11 is 3.30. The number of hydrogen-bond acceptors (Lipinski definition) is 3. The molecular formula is C15H17BrF2N2O2. The largest absolute Gasteiger partial charge is 0.459 e. The number of rotatable bonds is 3. The van der Waals surface area contributed by atoms with Gasteiger partial charge in [-0.2, -0.15) is 5.10 Å². The van der Waals surface area contributed by atoms with E-state index in [4.69, 9.17) is 4.74 Å². The normalized spacial score (nSPS) is 13.6. The minimum Gasteiger partial charge on any atom is -0.459 e. The molecule has 0 amide bonds. The summed E-state index contributed by atoms with van der Waals surface area (Å²) < 4.78 is 32.8. The number of fused-ring (bicyclic) bond motifs is 1. The summed E-state index contributed by atoms with van der Waals surface area (Å²) in [5.41, 5.74) is 0.125. The smallest absolute Gasteiger partial charge is 0.324 e. The van der Waals surface area contributed by atoms with Gasteiger partial charge in [0.25, 0.3) is 6.43 Å². The molecule has 1 aromatic heterocycles. The molecule has 0 bridgehead atoms. The number of halogens is 3. The highest BCUT2D eigenvalue weighted by Crippen LogP contribution is 2.35. The number of aromatic nitrogens is 2. The maximum Gasteiger partial charge on any atom is 0.324 e. The van der Waals surface area contributed by atoms with Crippen LogP contribution in [0.3, 0.4) is 0 Å². The Balaban J connectivity index is 2.50. The van der Waals surface area contributed by atoms with E-state index in [1.165, 1.54) is 4.68 Å². The summed E-state index contributed by atoms with van der Waals surface area (Å²) in [6.45, 7) is 5.30. The number of benzene rings is 1. The summed E-state index contributed by atoms with van der Waals surface area (Å²) in [4.78, 5) is 11.5. The van der Waals surface area contributed by atoms with Crippen molar-refractivity contribution >= 4 is 32.8 Å². The topological polar surface area (TPSA) is 44.1 Å². The van der Waals surface area contributed by atoms with E-state index in [1.54, 1.807) is 46.0 Å². The molecule has 2 rings (SSSR count). The monoisotopic (exact) mass is 374 g/mol. The van der Waals surface area contributed by atoms with E-state index < -0.39 is 22.8 Å². The summed E-state index contributed by atoms with van der Waals surface area (Å²) in [7, 11) is 1.58. The lowest BCUT2D eigenvalue weighted by molar-refractivity contribution is -0.154. The number of ether oxygens (including phenoxy) is 1. The first kappa shape index (κ1) is 16.9. The first-order chi connectivity index (χ1) is 10.1. The zero-order chi connectivity index (χ0) is 16.7. The third kappa shape index (κ3) is 3.29. The highest BCUT2D eigenvalue weighted by molar-refractivity contribution is 9.09. The van der Waals surface area contributed by atoms with E-state index in [9.17, 15) is 13.6 Å². The van der Waals surface area contributed by atoms with Gasteiger partial charge in [0.2, 0.25) is 0 Å². The molecule has 4 nitrogen and oxygen atoms in total. The van der Waals surface area contributed by atoms with E-state index in [0.717, 1.165) is 0 Å². The number of carbonyl (C=O) groups is 1. The highest BCUT2D eigenvalue weighted by Gasteiger charge is 2.28. The second-order valence-corrected chi connectivity index (χ2v) is 6.86. The molecule has 0 aliphatic carbocycles. The van der Waals surface area contributed by atoms with Crippen LogP contribution >= 0.6 is 15.9 Å². The van der Waals surface area contributed by atoms with E-state index >= 15 is 0 Å². The second kappa shape index (κ2) is 5.95. The number of nitrogens with zero attached hydrogens (tertiary/aromatic N) is 2. The van der Waals surface area contributed by atoms with Gasteiger partial charge in [-0.05, 0) is 20.8 Å². The lowest BCUT2D eigenvalue weighted by Crippen LogP contribution is -2.26. The molecular weight excluding hydrogens is 358 g/mol. The van der Waals surface area contributed by atoms with Crippen LogP contribution < -0.4 is 0 Å². The Morgan fingerprint density at radius 1 is 1.36 bits per heavy atom. The van der Waals surface area contributed by atoms with Crippen LogP contribution in [0.15, 0.2) is 18.2 Å². The molecule has 0 aliphatic heterocycles. The average molecular weight is 375 g/mol. The molecule has 22 heavy (non-hydrogen) atoms. The van der Waals surface area contributed by atoms with Gasteiger partial charge >= 0.3 is 5.97 Å². The van der Waals surface area contributed by atoms with Crippen LogP contribution in [0, 0.1) is 0 Å². The van der Waals surface area contributed by atoms with Crippen LogP contribution in [0.2, 0.25) is 0 Å². The Hall–Kier alpha value is -1.50.